The van der Waals surface area contributed by atoms with Gasteiger partial charge >= 0.3 is 0 Å². The number of hydrogen-bond acceptors (Lipinski definition) is 3. The first-order valence-electron chi connectivity index (χ1n) is 3.19. The van der Waals surface area contributed by atoms with Crippen LogP contribution in [0.4, 0.5) is 0 Å². The van der Waals surface area contributed by atoms with Crippen LogP contribution >= 0.6 is 0 Å². The number of nitrogens with zero attached hydrogens (tertiary/aromatic N) is 1. The summed E-state index contributed by atoms with van der Waals surface area (Å²) >= 11 is 0. The van der Waals surface area contributed by atoms with Gasteiger partial charge in [-0.3, -0.25) is 4.79 Å². The second-order valence-corrected chi connectivity index (χ2v) is 2.20. The molecule has 0 N–H and O–H groups in total. The van der Waals surface area contributed by atoms with Crippen molar-refractivity contribution in [3.8, 4) is 11.3 Å². The van der Waals surface area contributed by atoms with E-state index in [-0.39, 0.29) is 5.43 Å². The van der Waals surface area contributed by atoms with Crippen LogP contribution in [0.15, 0.2) is 40.0 Å². The van der Waals surface area contributed by atoms with Crippen molar-refractivity contribution in [3.05, 3.63) is 41.0 Å². The molecule has 0 saturated heterocycles. The Morgan fingerprint density at radius 2 is 2.27 bits per heavy atom. The first-order chi connectivity index (χ1) is 5.36. The Morgan fingerprint density at radius 1 is 1.36 bits per heavy atom. The van der Waals surface area contributed by atoms with Gasteiger partial charge in [0.2, 0.25) is 0 Å². The number of aromatic nitrogens is 1. The van der Waals surface area contributed by atoms with Crippen LogP contribution in [0.5, 0.6) is 0 Å². The van der Waals surface area contributed by atoms with Gasteiger partial charge < -0.3 is 4.42 Å². The summed E-state index contributed by atoms with van der Waals surface area (Å²) in [4.78, 5) is 14.6. The lowest BCUT2D eigenvalue weighted by Crippen LogP contribution is -1.97. The number of benzene rings is 1. The van der Waals surface area contributed by atoms with Gasteiger partial charge in [0.05, 0.1) is 0 Å². The van der Waals surface area contributed by atoms with Gasteiger partial charge in [-0.05, 0) is 12.1 Å². The fraction of sp³-hybridized carbons (Fsp3) is 0. The zero-order valence-electron chi connectivity index (χ0n) is 5.65. The normalized spacial score (nSPS) is 10.2. The minimum Gasteiger partial charge on any atom is -0.445 e. The van der Waals surface area contributed by atoms with Gasteiger partial charge in [0.25, 0.3) is 0 Å². The van der Waals surface area contributed by atoms with Crippen LogP contribution in [0, 0.1) is 0 Å². The van der Waals surface area contributed by atoms with Crippen molar-refractivity contribution in [1.29, 1.82) is 0 Å². The van der Waals surface area contributed by atoms with E-state index in [1.54, 1.807) is 12.3 Å². The van der Waals surface area contributed by atoms with Crippen molar-refractivity contribution in [2.45, 2.75) is 0 Å². The molecule has 2 aliphatic rings. The molecule has 0 amide bonds. The molecule has 11 heavy (non-hydrogen) atoms. The summed E-state index contributed by atoms with van der Waals surface area (Å²) in [5.74, 6) is 0.576. The van der Waals surface area contributed by atoms with Crippen molar-refractivity contribution in [3.63, 3.8) is 0 Å². The zero-order valence-corrected chi connectivity index (χ0v) is 5.65. The van der Waals surface area contributed by atoms with Crippen LogP contribution in [0.1, 0.15) is 0 Å². The molecule has 1 heterocycles. The van der Waals surface area contributed by atoms with Gasteiger partial charge in [-0.1, -0.05) is 0 Å². The molecule has 0 unspecified atom stereocenters. The van der Waals surface area contributed by atoms with E-state index in [2.05, 4.69) is 4.98 Å². The van der Waals surface area contributed by atoms with Gasteiger partial charge in [-0.2, -0.15) is 0 Å². The highest BCUT2D eigenvalue weighted by Gasteiger charge is 2.01. The maximum Gasteiger partial charge on any atom is 0.182 e. The van der Waals surface area contributed by atoms with Crippen LogP contribution in [-0.2, 0) is 0 Å². The SMILES string of the molecule is O=c1ccc2cncoc-2c1. The summed E-state index contributed by atoms with van der Waals surface area (Å²) in [6, 6.07) is 4.62. The highest BCUT2D eigenvalue weighted by Crippen LogP contribution is 2.15. The fourth-order valence-electron chi connectivity index (χ4n) is 0.921. The minimum absolute atomic E-state index is 0.0487. The first kappa shape index (κ1) is 6.09. The van der Waals surface area contributed by atoms with E-state index in [4.69, 9.17) is 4.42 Å². The largest absolute Gasteiger partial charge is 0.445 e. The summed E-state index contributed by atoms with van der Waals surface area (Å²) in [5.41, 5.74) is 0.791. The van der Waals surface area contributed by atoms with Gasteiger partial charge in [-0.25, -0.2) is 4.98 Å². The van der Waals surface area contributed by atoms with E-state index in [1.807, 2.05) is 0 Å². The highest BCUT2D eigenvalue weighted by atomic mass is 16.3. The standard InChI is InChI=1S/C8H5NO2/c10-7-2-1-6-4-9-5-11-8(6)3-7/h1-5H. The molecule has 0 aromatic rings. The summed E-state index contributed by atoms with van der Waals surface area (Å²) in [7, 11) is 0. The van der Waals surface area contributed by atoms with E-state index in [1.165, 1.54) is 18.5 Å². The maximum absolute atomic E-state index is 10.8. The summed E-state index contributed by atoms with van der Waals surface area (Å²) in [6.45, 7) is 0. The third kappa shape index (κ3) is 1.00. The van der Waals surface area contributed by atoms with Crippen LogP contribution in [0.2, 0.25) is 0 Å². The Labute approximate surface area is 62.7 Å². The van der Waals surface area contributed by atoms with E-state index < -0.39 is 0 Å². The van der Waals surface area contributed by atoms with Crippen molar-refractivity contribution in [2.24, 2.45) is 0 Å². The summed E-state index contributed by atoms with van der Waals surface area (Å²) in [5, 5.41) is 0. The Morgan fingerprint density at radius 3 is 3.18 bits per heavy atom. The molecular formula is C8H5NO2. The average molecular weight is 147 g/mol. The molecule has 54 valence electrons. The third-order valence-electron chi connectivity index (χ3n) is 1.44. The Kier molecular flexibility index (Phi) is 1.22. The topological polar surface area (TPSA) is 43.1 Å². The molecular weight excluding hydrogens is 142 g/mol. The van der Waals surface area contributed by atoms with E-state index >= 15 is 0 Å². The Bertz CT molecular complexity index is 394. The van der Waals surface area contributed by atoms with Crippen LogP contribution < -0.4 is 5.43 Å². The van der Waals surface area contributed by atoms with Gasteiger partial charge in [0.15, 0.2) is 11.8 Å². The predicted octanol–water partition coefficient (Wildman–Crippen LogP) is 1.14. The molecule has 3 nitrogen and oxygen atoms in total. The zero-order chi connectivity index (χ0) is 7.68. The molecule has 0 fully saturated rings. The van der Waals surface area contributed by atoms with E-state index in [0.717, 1.165) is 5.56 Å². The quantitative estimate of drug-likeness (QED) is 0.561. The predicted molar refractivity (Wildman–Crippen MR) is 39.4 cm³/mol. The van der Waals surface area contributed by atoms with Crippen molar-refractivity contribution in [1.82, 2.24) is 4.98 Å². The number of hydrogen-bond donors (Lipinski definition) is 0. The summed E-state index contributed by atoms with van der Waals surface area (Å²) < 4.78 is 4.98. The molecule has 3 heteroatoms. The molecule has 0 atom stereocenters. The van der Waals surface area contributed by atoms with Crippen LogP contribution in [-0.4, -0.2) is 4.98 Å². The molecule has 0 spiro atoms. The monoisotopic (exact) mass is 147 g/mol. The van der Waals surface area contributed by atoms with Gasteiger partial charge in [0.1, 0.15) is 5.76 Å². The fourth-order valence-corrected chi connectivity index (χ4v) is 0.921. The molecule has 1 aliphatic heterocycles. The average Bonchev–Trinajstić information content (AvgIpc) is 2.04. The minimum atomic E-state index is -0.0487. The molecule has 2 rings (SSSR count). The highest BCUT2D eigenvalue weighted by molar-refractivity contribution is 5.55. The molecule has 0 aromatic heterocycles. The van der Waals surface area contributed by atoms with Crippen molar-refractivity contribution >= 4 is 0 Å². The maximum atomic E-state index is 10.8. The lowest BCUT2D eigenvalue weighted by molar-refractivity contribution is 0.541. The van der Waals surface area contributed by atoms with E-state index in [9.17, 15) is 4.79 Å². The van der Waals surface area contributed by atoms with Crippen LogP contribution in [0.3, 0.4) is 0 Å². The molecule has 0 aromatic carbocycles. The van der Waals surface area contributed by atoms with Crippen molar-refractivity contribution in [2.75, 3.05) is 0 Å². The van der Waals surface area contributed by atoms with Gasteiger partial charge in [0, 0.05) is 17.8 Å². The van der Waals surface area contributed by atoms with Crippen LogP contribution in [0.25, 0.3) is 11.3 Å². The third-order valence-corrected chi connectivity index (χ3v) is 1.44. The molecule has 0 saturated carbocycles. The van der Waals surface area contributed by atoms with Gasteiger partial charge in [-0.15, -0.1) is 0 Å². The van der Waals surface area contributed by atoms with E-state index in [0.29, 0.717) is 5.76 Å². The molecule has 0 bridgehead atoms. The Balaban J connectivity index is 2.84. The van der Waals surface area contributed by atoms with Crippen molar-refractivity contribution < 1.29 is 4.42 Å². The second kappa shape index (κ2) is 2.20. The first-order valence-corrected chi connectivity index (χ1v) is 3.19. The smallest absolute Gasteiger partial charge is 0.182 e. The lowest BCUT2D eigenvalue weighted by atomic mass is 10.2. The second-order valence-electron chi connectivity index (χ2n) is 2.20. The number of fused-ring (bicyclic) bond motifs is 1. The Hall–Kier alpha value is -1.64. The number of rotatable bonds is 0. The molecule has 1 aliphatic carbocycles. The summed E-state index contributed by atoms with van der Waals surface area (Å²) in [6.07, 6.45) is 2.96. The lowest BCUT2D eigenvalue weighted by Gasteiger charge is -1.98. The molecule has 0 radical (unpaired) electrons.